The number of nitrogens with zero attached hydrogens (tertiary/aromatic N) is 4. The minimum atomic E-state index is -0.337. The van der Waals surface area contributed by atoms with Crippen LogP contribution in [0.1, 0.15) is 16.9 Å². The Labute approximate surface area is 157 Å². The first-order chi connectivity index (χ1) is 12.7. The van der Waals surface area contributed by atoms with Gasteiger partial charge in [-0.1, -0.05) is 0 Å². The second kappa shape index (κ2) is 7.87. The predicted octanol–water partition coefficient (Wildman–Crippen LogP) is 0.907. The Morgan fingerprint density at radius 2 is 2.31 bits per heavy atom. The summed E-state index contributed by atoms with van der Waals surface area (Å²) in [5.41, 5.74) is 7.31. The molecule has 0 bridgehead atoms. The molecule has 0 amide bonds. The molecule has 0 radical (unpaired) electrons. The number of β-amino-alcohol motifs (C(OH)–C–C–N with tert-alkyl or cyclic N) is 1. The van der Waals surface area contributed by atoms with Gasteiger partial charge in [0, 0.05) is 56.3 Å². The third-order valence-corrected chi connectivity index (χ3v) is 6.26. The van der Waals surface area contributed by atoms with E-state index in [4.69, 9.17) is 5.73 Å². The fraction of sp³-hybridized carbons (Fsp3) is 0.556. The largest absolute Gasteiger partial charge is 0.391 e. The third-order valence-electron chi connectivity index (χ3n) is 5.23. The maximum Gasteiger partial charge on any atom is 0.134 e. The highest BCUT2D eigenvalue weighted by Gasteiger charge is 2.30. The average molecular weight is 375 g/mol. The van der Waals surface area contributed by atoms with E-state index in [2.05, 4.69) is 36.5 Å². The Hall–Kier alpha value is -1.74. The zero-order chi connectivity index (χ0) is 17.9. The van der Waals surface area contributed by atoms with E-state index in [-0.39, 0.29) is 12.1 Å². The molecular formula is C18H26N6OS. The first-order valence-electron chi connectivity index (χ1n) is 9.21. The molecule has 2 aromatic rings. The minimum Gasteiger partial charge on any atom is -0.391 e. The molecule has 1 saturated heterocycles. The van der Waals surface area contributed by atoms with Crippen molar-refractivity contribution in [3.05, 3.63) is 34.3 Å². The van der Waals surface area contributed by atoms with E-state index >= 15 is 0 Å². The number of fused-ring (bicyclic) bond motifs is 1. The van der Waals surface area contributed by atoms with Crippen molar-refractivity contribution in [2.24, 2.45) is 5.73 Å². The minimum absolute atomic E-state index is 0.140. The summed E-state index contributed by atoms with van der Waals surface area (Å²) in [6.45, 7) is 5.09. The molecule has 4 rings (SSSR count). The van der Waals surface area contributed by atoms with E-state index < -0.39 is 0 Å². The first kappa shape index (κ1) is 17.7. The smallest absolute Gasteiger partial charge is 0.134 e. The van der Waals surface area contributed by atoms with Gasteiger partial charge in [-0.2, -0.15) is 0 Å². The summed E-state index contributed by atoms with van der Waals surface area (Å²) in [6, 6.07) is 4.34. The first-order valence-corrected chi connectivity index (χ1v) is 10.1. The van der Waals surface area contributed by atoms with Crippen molar-refractivity contribution >= 4 is 23.0 Å². The van der Waals surface area contributed by atoms with Crippen molar-refractivity contribution in [2.75, 3.05) is 42.9 Å². The standard InChI is InChI=1S/C18H26N6OS/c19-9-14-7-15(25)11-24(14)18-8-17(21-12-22-18)20-3-5-23-4-1-16-13(10-23)2-6-26-16/h2,6,8,12,14-15,25H,1,3-5,7,9-11,19H2,(H,20,21,22)/t14-,15-/m1/s1. The maximum atomic E-state index is 9.91. The van der Waals surface area contributed by atoms with Crippen LogP contribution in [0.25, 0.3) is 0 Å². The molecule has 8 heteroatoms. The molecule has 140 valence electrons. The molecule has 1 fully saturated rings. The Kier molecular flexibility index (Phi) is 5.35. The predicted molar refractivity (Wildman–Crippen MR) is 105 cm³/mol. The van der Waals surface area contributed by atoms with Crippen molar-refractivity contribution in [2.45, 2.75) is 31.5 Å². The number of rotatable bonds is 6. The number of anilines is 2. The highest BCUT2D eigenvalue weighted by molar-refractivity contribution is 7.10. The molecule has 4 N–H and O–H groups in total. The van der Waals surface area contributed by atoms with Crippen molar-refractivity contribution in [3.8, 4) is 0 Å². The van der Waals surface area contributed by atoms with Crippen LogP contribution in [0.5, 0.6) is 0 Å². The number of hydrogen-bond acceptors (Lipinski definition) is 8. The van der Waals surface area contributed by atoms with Gasteiger partial charge in [0.2, 0.25) is 0 Å². The molecule has 26 heavy (non-hydrogen) atoms. The van der Waals surface area contributed by atoms with Gasteiger partial charge in [0.05, 0.1) is 6.10 Å². The Morgan fingerprint density at radius 1 is 1.38 bits per heavy atom. The summed E-state index contributed by atoms with van der Waals surface area (Å²) in [6.07, 6.45) is 3.09. The number of nitrogens with one attached hydrogen (secondary N) is 1. The summed E-state index contributed by atoms with van der Waals surface area (Å²) in [5, 5.41) is 15.5. The second-order valence-corrected chi connectivity index (χ2v) is 8.02. The molecule has 0 unspecified atom stereocenters. The quantitative estimate of drug-likeness (QED) is 0.692. The van der Waals surface area contributed by atoms with Crippen LogP contribution in [0.15, 0.2) is 23.8 Å². The highest BCUT2D eigenvalue weighted by Crippen LogP contribution is 2.25. The van der Waals surface area contributed by atoms with Crippen molar-refractivity contribution in [3.63, 3.8) is 0 Å². The SMILES string of the molecule is NC[C@H]1C[C@@H](O)CN1c1cc(NCCN2CCc3sccc3C2)ncn1. The van der Waals surface area contributed by atoms with E-state index in [0.717, 1.165) is 44.2 Å². The molecule has 0 aromatic carbocycles. The molecular weight excluding hydrogens is 348 g/mol. The second-order valence-electron chi connectivity index (χ2n) is 7.01. The fourth-order valence-corrected chi connectivity index (χ4v) is 4.73. The summed E-state index contributed by atoms with van der Waals surface area (Å²) in [4.78, 5) is 14.8. The van der Waals surface area contributed by atoms with Crippen LogP contribution < -0.4 is 16.0 Å². The van der Waals surface area contributed by atoms with E-state index in [9.17, 15) is 5.11 Å². The average Bonchev–Trinajstić information content (AvgIpc) is 3.27. The van der Waals surface area contributed by atoms with Gasteiger partial charge in [-0.05, 0) is 29.9 Å². The number of hydrogen-bond donors (Lipinski definition) is 3. The number of aromatic nitrogens is 2. The third kappa shape index (κ3) is 3.83. The zero-order valence-corrected chi connectivity index (χ0v) is 15.7. The molecule has 2 aromatic heterocycles. The monoisotopic (exact) mass is 374 g/mol. The molecule has 2 aliphatic heterocycles. The lowest BCUT2D eigenvalue weighted by Gasteiger charge is -2.27. The fourth-order valence-electron chi connectivity index (χ4n) is 3.84. The maximum absolute atomic E-state index is 9.91. The van der Waals surface area contributed by atoms with E-state index in [1.54, 1.807) is 6.33 Å². The molecule has 4 heterocycles. The van der Waals surface area contributed by atoms with Crippen molar-refractivity contribution in [1.82, 2.24) is 14.9 Å². The van der Waals surface area contributed by atoms with Crippen LogP contribution >= 0.6 is 11.3 Å². The molecule has 7 nitrogen and oxygen atoms in total. The Morgan fingerprint density at radius 3 is 3.19 bits per heavy atom. The zero-order valence-electron chi connectivity index (χ0n) is 14.8. The van der Waals surface area contributed by atoms with Crippen LogP contribution in [0, 0.1) is 0 Å². The Balaban J connectivity index is 1.32. The van der Waals surface area contributed by atoms with Gasteiger partial charge in [0.1, 0.15) is 18.0 Å². The van der Waals surface area contributed by atoms with Gasteiger partial charge in [-0.15, -0.1) is 11.3 Å². The van der Waals surface area contributed by atoms with Gasteiger partial charge in [0.25, 0.3) is 0 Å². The number of nitrogens with two attached hydrogens (primary N) is 1. The van der Waals surface area contributed by atoms with Gasteiger partial charge < -0.3 is 21.1 Å². The van der Waals surface area contributed by atoms with Crippen LogP contribution in [0.3, 0.4) is 0 Å². The Bertz CT molecular complexity index is 738. The van der Waals surface area contributed by atoms with Crippen LogP contribution in [-0.2, 0) is 13.0 Å². The lowest BCUT2D eigenvalue weighted by atomic mass is 10.1. The summed E-state index contributed by atoms with van der Waals surface area (Å²) < 4.78 is 0. The molecule has 0 aliphatic carbocycles. The molecule has 0 saturated carbocycles. The van der Waals surface area contributed by atoms with Crippen LogP contribution in [0.2, 0.25) is 0 Å². The molecule has 0 spiro atoms. The van der Waals surface area contributed by atoms with Gasteiger partial charge in [-0.25, -0.2) is 9.97 Å². The van der Waals surface area contributed by atoms with E-state index in [1.165, 1.54) is 10.4 Å². The summed E-state index contributed by atoms with van der Waals surface area (Å²) >= 11 is 1.87. The van der Waals surface area contributed by atoms with Crippen molar-refractivity contribution < 1.29 is 5.11 Å². The highest BCUT2D eigenvalue weighted by atomic mass is 32.1. The lowest BCUT2D eigenvalue weighted by Crippen LogP contribution is -2.36. The van der Waals surface area contributed by atoms with Crippen LogP contribution in [0.4, 0.5) is 11.6 Å². The molecule has 2 atom stereocenters. The van der Waals surface area contributed by atoms with Crippen molar-refractivity contribution in [1.29, 1.82) is 0 Å². The van der Waals surface area contributed by atoms with Crippen LogP contribution in [-0.4, -0.2) is 64.8 Å². The number of aliphatic hydroxyl groups is 1. The topological polar surface area (TPSA) is 90.5 Å². The summed E-state index contributed by atoms with van der Waals surface area (Å²) in [5.74, 6) is 1.65. The van der Waals surface area contributed by atoms with E-state index in [0.29, 0.717) is 19.5 Å². The summed E-state index contributed by atoms with van der Waals surface area (Å²) in [7, 11) is 0. The van der Waals surface area contributed by atoms with Gasteiger partial charge in [-0.3, -0.25) is 4.90 Å². The lowest BCUT2D eigenvalue weighted by molar-refractivity contribution is 0.194. The number of aliphatic hydroxyl groups excluding tert-OH is 1. The molecule has 2 aliphatic rings. The normalized spacial score (nSPS) is 23.2. The van der Waals surface area contributed by atoms with Gasteiger partial charge >= 0.3 is 0 Å². The van der Waals surface area contributed by atoms with Gasteiger partial charge in [0.15, 0.2) is 0 Å². The van der Waals surface area contributed by atoms with E-state index in [1.807, 2.05) is 17.4 Å². The number of thiophene rings is 1.